The van der Waals surface area contributed by atoms with Gasteiger partial charge in [-0.2, -0.15) is 0 Å². The highest BCUT2D eigenvalue weighted by Crippen LogP contribution is 2.17. The first kappa shape index (κ1) is 18.3. The molecule has 1 saturated heterocycles. The fraction of sp³-hybridized carbons (Fsp3) is 0.556. The summed E-state index contributed by atoms with van der Waals surface area (Å²) in [6.45, 7) is 6.96. The van der Waals surface area contributed by atoms with Crippen molar-refractivity contribution in [3.8, 4) is 5.75 Å². The minimum atomic E-state index is -0.216. The Labute approximate surface area is 143 Å². The number of para-hydroxylation sites is 1. The first-order valence-electron chi connectivity index (χ1n) is 8.42. The number of nitrogens with one attached hydrogen (secondary N) is 1. The van der Waals surface area contributed by atoms with E-state index in [4.69, 9.17) is 4.74 Å². The molecule has 2 rings (SSSR count). The summed E-state index contributed by atoms with van der Waals surface area (Å²) in [6, 6.07) is 7.45. The third-order valence-electron chi connectivity index (χ3n) is 4.55. The van der Waals surface area contributed by atoms with E-state index in [0.29, 0.717) is 13.1 Å². The molecule has 0 aliphatic carbocycles. The molecule has 0 unspecified atom stereocenters. The molecular weight excluding hydrogens is 306 g/mol. The first-order valence-corrected chi connectivity index (χ1v) is 8.42. The average Bonchev–Trinajstić information content (AvgIpc) is 2.85. The van der Waals surface area contributed by atoms with Crippen molar-refractivity contribution < 1.29 is 14.3 Å². The Hall–Kier alpha value is -2.08. The SMILES string of the molecule is COc1ccccc1CNC(=O)[C@H](C)N1CCCN(C(C)=O)CC1. The van der Waals surface area contributed by atoms with Crippen LogP contribution in [0, 0.1) is 0 Å². The largest absolute Gasteiger partial charge is 0.496 e. The van der Waals surface area contributed by atoms with E-state index in [-0.39, 0.29) is 17.9 Å². The summed E-state index contributed by atoms with van der Waals surface area (Å²) in [5, 5.41) is 2.98. The van der Waals surface area contributed by atoms with Crippen LogP contribution in [-0.2, 0) is 16.1 Å². The van der Waals surface area contributed by atoms with Gasteiger partial charge in [0, 0.05) is 45.2 Å². The van der Waals surface area contributed by atoms with Gasteiger partial charge in [-0.25, -0.2) is 0 Å². The van der Waals surface area contributed by atoms with E-state index in [1.165, 1.54) is 0 Å². The minimum Gasteiger partial charge on any atom is -0.496 e. The van der Waals surface area contributed by atoms with Crippen LogP contribution in [0.2, 0.25) is 0 Å². The molecule has 0 aromatic heterocycles. The van der Waals surface area contributed by atoms with Crippen LogP contribution < -0.4 is 10.1 Å². The minimum absolute atomic E-state index is 0.00261. The molecule has 6 nitrogen and oxygen atoms in total. The third-order valence-corrected chi connectivity index (χ3v) is 4.55. The van der Waals surface area contributed by atoms with Crippen molar-refractivity contribution in [3.05, 3.63) is 29.8 Å². The van der Waals surface area contributed by atoms with Crippen LogP contribution in [-0.4, -0.2) is 60.9 Å². The highest BCUT2D eigenvalue weighted by atomic mass is 16.5. The van der Waals surface area contributed by atoms with E-state index in [2.05, 4.69) is 10.2 Å². The second-order valence-electron chi connectivity index (χ2n) is 6.10. The van der Waals surface area contributed by atoms with Crippen molar-refractivity contribution in [2.24, 2.45) is 0 Å². The number of rotatable bonds is 5. The fourth-order valence-electron chi connectivity index (χ4n) is 2.98. The number of amides is 2. The van der Waals surface area contributed by atoms with E-state index >= 15 is 0 Å². The quantitative estimate of drug-likeness (QED) is 0.881. The van der Waals surface area contributed by atoms with E-state index in [1.807, 2.05) is 36.1 Å². The second-order valence-corrected chi connectivity index (χ2v) is 6.10. The number of methoxy groups -OCH3 is 1. The van der Waals surface area contributed by atoms with Crippen LogP contribution in [0.3, 0.4) is 0 Å². The lowest BCUT2D eigenvalue weighted by Gasteiger charge is -2.27. The van der Waals surface area contributed by atoms with E-state index in [0.717, 1.165) is 37.4 Å². The summed E-state index contributed by atoms with van der Waals surface area (Å²) in [5.41, 5.74) is 0.958. The molecule has 2 amide bonds. The molecule has 0 bridgehead atoms. The van der Waals surface area contributed by atoms with Gasteiger partial charge in [-0.1, -0.05) is 18.2 Å². The van der Waals surface area contributed by atoms with Gasteiger partial charge in [0.2, 0.25) is 11.8 Å². The molecule has 1 atom stereocenters. The summed E-state index contributed by atoms with van der Waals surface area (Å²) in [6.07, 6.45) is 0.893. The smallest absolute Gasteiger partial charge is 0.237 e. The lowest BCUT2D eigenvalue weighted by molar-refractivity contribution is -0.128. The van der Waals surface area contributed by atoms with Crippen LogP contribution >= 0.6 is 0 Å². The first-order chi connectivity index (χ1) is 11.5. The van der Waals surface area contributed by atoms with Gasteiger partial charge in [-0.15, -0.1) is 0 Å². The van der Waals surface area contributed by atoms with Crippen LogP contribution in [0.4, 0.5) is 0 Å². The molecule has 0 saturated carbocycles. The zero-order chi connectivity index (χ0) is 17.5. The standard InChI is InChI=1S/C18H27N3O3/c1-14(20-9-6-10-21(12-11-20)15(2)22)18(23)19-13-16-7-4-5-8-17(16)24-3/h4-5,7-8,14H,6,9-13H2,1-3H3,(H,19,23)/t14-/m0/s1. The van der Waals surface area contributed by atoms with Crippen molar-refractivity contribution in [2.45, 2.75) is 32.9 Å². The number of carbonyl (C=O) groups excluding carboxylic acids is 2. The summed E-state index contributed by atoms with van der Waals surface area (Å²) in [7, 11) is 1.63. The Morgan fingerprint density at radius 1 is 1.21 bits per heavy atom. The van der Waals surface area contributed by atoms with Gasteiger partial charge >= 0.3 is 0 Å². The maximum atomic E-state index is 12.5. The summed E-state index contributed by atoms with van der Waals surface area (Å²) in [4.78, 5) is 28.0. The number of carbonyl (C=O) groups is 2. The molecule has 1 fully saturated rings. The predicted molar refractivity (Wildman–Crippen MR) is 92.7 cm³/mol. The van der Waals surface area contributed by atoms with Gasteiger partial charge in [0.1, 0.15) is 5.75 Å². The number of hydrogen-bond acceptors (Lipinski definition) is 4. The molecule has 0 spiro atoms. The Balaban J connectivity index is 1.88. The summed E-state index contributed by atoms with van der Waals surface area (Å²) < 4.78 is 5.31. The molecule has 6 heteroatoms. The maximum absolute atomic E-state index is 12.5. The molecule has 1 aromatic rings. The zero-order valence-electron chi connectivity index (χ0n) is 14.7. The average molecular weight is 333 g/mol. The Bertz CT molecular complexity index is 576. The van der Waals surface area contributed by atoms with Gasteiger partial charge in [0.25, 0.3) is 0 Å². The second kappa shape index (κ2) is 8.68. The van der Waals surface area contributed by atoms with Crippen molar-refractivity contribution in [3.63, 3.8) is 0 Å². The van der Waals surface area contributed by atoms with Crippen LogP contribution in [0.5, 0.6) is 5.75 Å². The Morgan fingerprint density at radius 3 is 2.67 bits per heavy atom. The third kappa shape index (κ3) is 4.71. The molecule has 1 heterocycles. The van der Waals surface area contributed by atoms with Crippen molar-refractivity contribution in [1.82, 2.24) is 15.1 Å². The highest BCUT2D eigenvalue weighted by Gasteiger charge is 2.24. The molecule has 1 aliphatic rings. The predicted octanol–water partition coefficient (Wildman–Crippen LogP) is 1.25. The molecule has 24 heavy (non-hydrogen) atoms. The number of ether oxygens (including phenoxy) is 1. The molecule has 132 valence electrons. The fourth-order valence-corrected chi connectivity index (χ4v) is 2.98. The molecule has 0 radical (unpaired) electrons. The van der Waals surface area contributed by atoms with E-state index in [1.54, 1.807) is 14.0 Å². The van der Waals surface area contributed by atoms with Crippen molar-refractivity contribution >= 4 is 11.8 Å². The van der Waals surface area contributed by atoms with Crippen molar-refractivity contribution in [2.75, 3.05) is 33.3 Å². The lowest BCUT2D eigenvalue weighted by Crippen LogP contribution is -2.46. The van der Waals surface area contributed by atoms with Crippen LogP contribution in [0.1, 0.15) is 25.8 Å². The van der Waals surface area contributed by atoms with Gasteiger partial charge in [-0.3, -0.25) is 14.5 Å². The number of nitrogens with zero attached hydrogens (tertiary/aromatic N) is 2. The maximum Gasteiger partial charge on any atom is 0.237 e. The normalized spacial score (nSPS) is 17.0. The lowest BCUT2D eigenvalue weighted by atomic mass is 10.2. The zero-order valence-corrected chi connectivity index (χ0v) is 14.7. The van der Waals surface area contributed by atoms with Crippen molar-refractivity contribution in [1.29, 1.82) is 0 Å². The van der Waals surface area contributed by atoms with E-state index in [9.17, 15) is 9.59 Å². The van der Waals surface area contributed by atoms with Crippen LogP contribution in [0.15, 0.2) is 24.3 Å². The van der Waals surface area contributed by atoms with Gasteiger partial charge in [-0.05, 0) is 19.4 Å². The summed E-state index contributed by atoms with van der Waals surface area (Å²) >= 11 is 0. The molecular formula is C18H27N3O3. The Morgan fingerprint density at radius 2 is 1.96 bits per heavy atom. The highest BCUT2D eigenvalue weighted by molar-refractivity contribution is 5.81. The van der Waals surface area contributed by atoms with Gasteiger partial charge < -0.3 is 15.0 Å². The van der Waals surface area contributed by atoms with Crippen LogP contribution in [0.25, 0.3) is 0 Å². The monoisotopic (exact) mass is 333 g/mol. The molecule has 1 N–H and O–H groups in total. The van der Waals surface area contributed by atoms with Gasteiger partial charge in [0.05, 0.1) is 13.2 Å². The van der Waals surface area contributed by atoms with E-state index < -0.39 is 0 Å². The number of benzene rings is 1. The topological polar surface area (TPSA) is 61.9 Å². The van der Waals surface area contributed by atoms with Gasteiger partial charge in [0.15, 0.2) is 0 Å². The summed E-state index contributed by atoms with van der Waals surface area (Å²) in [5.74, 6) is 0.875. The molecule has 1 aromatic carbocycles. The Kier molecular flexibility index (Phi) is 6.61. The molecule has 1 aliphatic heterocycles. The number of hydrogen-bond donors (Lipinski definition) is 1.